The van der Waals surface area contributed by atoms with Crippen molar-refractivity contribution in [2.75, 3.05) is 50.2 Å². The first kappa shape index (κ1) is 30.2. The second-order valence-corrected chi connectivity index (χ2v) is 11.5. The number of nitrogens with zero attached hydrogens (tertiary/aromatic N) is 10. The summed E-state index contributed by atoms with van der Waals surface area (Å²) in [6, 6.07) is 14.8. The quantitative estimate of drug-likeness (QED) is 0.153. The van der Waals surface area contributed by atoms with E-state index < -0.39 is 10.4 Å². The van der Waals surface area contributed by atoms with E-state index >= 15 is 0 Å². The van der Waals surface area contributed by atoms with E-state index in [1.54, 1.807) is 21.8 Å². The molecule has 0 atom stereocenters. The number of hydrogen-bond donors (Lipinski definition) is 0. The third kappa shape index (κ3) is 9.12. The molecule has 0 aliphatic rings. The predicted octanol–water partition coefficient (Wildman–Crippen LogP) is 3.93. The van der Waals surface area contributed by atoms with Crippen LogP contribution in [0.25, 0.3) is 0 Å². The van der Waals surface area contributed by atoms with Crippen LogP contribution < -0.4 is 18.9 Å². The van der Waals surface area contributed by atoms with Gasteiger partial charge < -0.3 is 9.80 Å². The summed E-state index contributed by atoms with van der Waals surface area (Å²) in [6.45, 7) is 0.553. The highest BCUT2D eigenvalue weighted by atomic mass is 32.3. The summed E-state index contributed by atoms with van der Waals surface area (Å²) in [7, 11) is 3.24. The fourth-order valence-corrected chi connectivity index (χ4v) is 4.98. The predicted molar refractivity (Wildman–Crippen MR) is 155 cm³/mol. The molecule has 0 bridgehead atoms. The molecule has 0 fully saturated rings. The molecular weight excluding hydrogens is 589 g/mol. The molecular formula is C24H30N10O4S3+2. The van der Waals surface area contributed by atoms with Gasteiger partial charge in [-0.1, -0.05) is 10.2 Å². The Balaban J connectivity index is 1.16. The Hall–Kier alpha value is -3.77. The largest absolute Gasteiger partial charge is 0.399 e. The van der Waals surface area contributed by atoms with Gasteiger partial charge in [-0.3, -0.25) is 0 Å². The van der Waals surface area contributed by atoms with Gasteiger partial charge in [0.2, 0.25) is 12.7 Å². The third-order valence-electron chi connectivity index (χ3n) is 5.70. The van der Waals surface area contributed by atoms with Crippen molar-refractivity contribution in [2.45, 2.75) is 0 Å². The summed E-state index contributed by atoms with van der Waals surface area (Å²) in [5.41, 5.74) is 3.13. The van der Waals surface area contributed by atoms with Crippen LogP contribution in [0.4, 0.5) is 33.0 Å². The second-order valence-electron chi connectivity index (χ2n) is 8.74. The Morgan fingerprint density at radius 3 is 1.44 bits per heavy atom. The van der Waals surface area contributed by atoms with Gasteiger partial charge >= 0.3 is 20.7 Å². The molecule has 0 aliphatic heterocycles. The normalized spacial score (nSPS) is 12.0. The van der Waals surface area contributed by atoms with Crippen molar-refractivity contribution in [3.05, 3.63) is 61.2 Å². The highest BCUT2D eigenvalue weighted by Gasteiger charge is 2.14. The molecule has 0 spiro atoms. The molecule has 2 aromatic carbocycles. The number of aromatic nitrogens is 4. The molecule has 216 valence electrons. The number of hydrogen-bond acceptors (Lipinski definition) is 14. The highest BCUT2D eigenvalue weighted by Crippen LogP contribution is 2.23. The number of aryl methyl sites for hydroxylation is 2. The lowest BCUT2D eigenvalue weighted by atomic mass is 10.2. The van der Waals surface area contributed by atoms with Crippen molar-refractivity contribution in [1.82, 2.24) is 8.75 Å². The number of rotatable bonds is 14. The summed E-state index contributed by atoms with van der Waals surface area (Å²) in [6.07, 6.45) is 3.34. The zero-order chi connectivity index (χ0) is 29.2. The van der Waals surface area contributed by atoms with Gasteiger partial charge in [0.15, 0.2) is 0 Å². The van der Waals surface area contributed by atoms with Gasteiger partial charge in [-0.15, -0.1) is 0 Å². The molecule has 14 nitrogen and oxygen atoms in total. The van der Waals surface area contributed by atoms with Gasteiger partial charge in [0, 0.05) is 48.8 Å². The van der Waals surface area contributed by atoms with E-state index in [0.717, 1.165) is 11.4 Å². The van der Waals surface area contributed by atoms with E-state index in [1.807, 2.05) is 86.5 Å². The van der Waals surface area contributed by atoms with E-state index in [-0.39, 0.29) is 13.2 Å². The van der Waals surface area contributed by atoms with Crippen LogP contribution >= 0.6 is 23.1 Å². The Morgan fingerprint density at radius 1 is 0.707 bits per heavy atom. The first-order chi connectivity index (χ1) is 19.7. The Labute approximate surface area is 246 Å². The molecule has 4 rings (SSSR count). The Kier molecular flexibility index (Phi) is 10.5. The average Bonchev–Trinajstić information content (AvgIpc) is 3.57. The number of likely N-dealkylation sites (N-methyl/N-ethyl adjacent to an activating group) is 2. The van der Waals surface area contributed by atoms with E-state index in [0.29, 0.717) is 34.7 Å². The van der Waals surface area contributed by atoms with Gasteiger partial charge in [0.1, 0.15) is 34.4 Å². The van der Waals surface area contributed by atoms with Gasteiger partial charge in [0.25, 0.3) is 0 Å². The second kappa shape index (κ2) is 14.2. The van der Waals surface area contributed by atoms with Crippen LogP contribution in [0.1, 0.15) is 0 Å². The minimum Gasteiger partial charge on any atom is -0.372 e. The van der Waals surface area contributed by atoms with Gasteiger partial charge in [-0.05, 0) is 57.3 Å². The monoisotopic (exact) mass is 618 g/mol. The zero-order valence-corrected chi connectivity index (χ0v) is 25.4. The summed E-state index contributed by atoms with van der Waals surface area (Å²) in [5.74, 6) is 0. The number of benzene rings is 2. The lowest BCUT2D eigenvalue weighted by molar-refractivity contribution is -0.656. The van der Waals surface area contributed by atoms with Crippen LogP contribution in [0.15, 0.2) is 81.6 Å². The highest BCUT2D eigenvalue weighted by molar-refractivity contribution is 7.81. The molecule has 0 saturated carbocycles. The smallest absolute Gasteiger partial charge is 0.372 e. The molecule has 2 aromatic heterocycles. The fourth-order valence-electron chi connectivity index (χ4n) is 3.28. The fraction of sp³-hybridized carbons (Fsp3) is 0.333. The van der Waals surface area contributed by atoms with Crippen LogP contribution in [0, 0.1) is 0 Å². The molecule has 2 heterocycles. The van der Waals surface area contributed by atoms with E-state index in [4.69, 9.17) is 8.37 Å². The maximum Gasteiger partial charge on any atom is 0.399 e. The standard InChI is InChI=1S/C24H30N10O4S3/c1-31(21-9-5-19(6-10-21)27-29-23-33(3)17-25-39-23)13-15-37-41(35,36)38-16-14-32(2)22-11-7-20(8-12-22)28-30-24-34(4)18-26-40-24/h5-12,17-18H,13-16H2,1-4H3/q+2. The summed E-state index contributed by atoms with van der Waals surface area (Å²) < 4.78 is 46.1. The zero-order valence-electron chi connectivity index (χ0n) is 22.9. The molecule has 0 amide bonds. The van der Waals surface area contributed by atoms with Crippen LogP contribution in [0.2, 0.25) is 0 Å². The Bertz CT molecular complexity index is 1460. The topological polar surface area (TPSA) is 142 Å². The van der Waals surface area contributed by atoms with E-state index in [2.05, 4.69) is 29.2 Å². The van der Waals surface area contributed by atoms with Gasteiger partial charge in [-0.25, -0.2) is 17.5 Å². The summed E-state index contributed by atoms with van der Waals surface area (Å²) >= 11 is 2.51. The van der Waals surface area contributed by atoms with Crippen molar-refractivity contribution in [3.63, 3.8) is 0 Å². The molecule has 0 unspecified atom stereocenters. The van der Waals surface area contributed by atoms with E-state index in [1.165, 1.54) is 23.1 Å². The lowest BCUT2D eigenvalue weighted by Gasteiger charge is -2.20. The first-order valence-corrected chi connectivity index (χ1v) is 15.2. The first-order valence-electron chi connectivity index (χ1n) is 12.3. The lowest BCUT2D eigenvalue weighted by Crippen LogP contribution is -2.27. The molecule has 0 N–H and O–H groups in total. The van der Waals surface area contributed by atoms with E-state index in [9.17, 15) is 8.42 Å². The molecule has 41 heavy (non-hydrogen) atoms. The SMILES string of the molecule is CN(CCOS(=O)(=O)OCCN(C)c1ccc(N=Nc2snc[n+]2C)cc1)c1ccc(N=Nc2snc[n+]2C)cc1. The van der Waals surface area contributed by atoms with Crippen LogP contribution in [-0.4, -0.2) is 57.6 Å². The minimum absolute atomic E-state index is 0.0619. The van der Waals surface area contributed by atoms with Crippen LogP contribution in [-0.2, 0) is 32.9 Å². The molecule has 17 heteroatoms. The minimum atomic E-state index is -4.14. The molecule has 0 aliphatic carbocycles. The van der Waals surface area contributed by atoms with Crippen LogP contribution in [0.5, 0.6) is 0 Å². The van der Waals surface area contributed by atoms with Crippen molar-refractivity contribution >= 4 is 66.5 Å². The number of azo groups is 2. The maximum absolute atomic E-state index is 12.2. The van der Waals surface area contributed by atoms with Crippen LogP contribution in [0.3, 0.4) is 0 Å². The van der Waals surface area contributed by atoms with Crippen molar-refractivity contribution in [2.24, 2.45) is 34.6 Å². The van der Waals surface area contributed by atoms with Crippen molar-refractivity contribution < 1.29 is 25.9 Å². The summed E-state index contributed by atoms with van der Waals surface area (Å²) in [4.78, 5) is 3.74. The third-order valence-corrected chi connectivity index (χ3v) is 8.08. The van der Waals surface area contributed by atoms with Gasteiger partial charge in [0.05, 0.1) is 27.3 Å². The maximum atomic E-state index is 12.2. The van der Waals surface area contributed by atoms with Gasteiger partial charge in [-0.2, -0.15) is 8.42 Å². The van der Waals surface area contributed by atoms with Crippen molar-refractivity contribution in [1.29, 1.82) is 0 Å². The molecule has 0 radical (unpaired) electrons. The molecule has 4 aromatic rings. The number of anilines is 2. The Morgan fingerprint density at radius 2 is 1.10 bits per heavy atom. The summed E-state index contributed by atoms with van der Waals surface area (Å²) in [5, 5.41) is 18.2. The molecule has 0 saturated heterocycles. The van der Waals surface area contributed by atoms with Crippen molar-refractivity contribution in [3.8, 4) is 0 Å². The average molecular weight is 619 g/mol.